The van der Waals surface area contributed by atoms with Gasteiger partial charge in [-0.25, -0.2) is 4.79 Å². The van der Waals surface area contributed by atoms with E-state index in [1.165, 1.54) is 25.0 Å². The number of carboxylic acid groups (broad SMARTS) is 1. The standard InChI is InChI=1S/C12H23NO3S/c1-17-8-4-2-3-7-13-9-10-5-6-11(16-10)12(14)15/h10-11,13H,2-9H2,1H3,(H,14,15). The fraction of sp³-hybridized carbons (Fsp3) is 0.917. The van der Waals surface area contributed by atoms with Gasteiger partial charge in [-0.2, -0.15) is 11.8 Å². The second-order valence-corrected chi connectivity index (χ2v) is 5.41. The van der Waals surface area contributed by atoms with Crippen LogP contribution < -0.4 is 5.32 Å². The molecule has 4 nitrogen and oxygen atoms in total. The summed E-state index contributed by atoms with van der Waals surface area (Å²) in [6, 6.07) is 0. The predicted octanol–water partition coefficient (Wildman–Crippen LogP) is 1.74. The Morgan fingerprint density at radius 1 is 1.41 bits per heavy atom. The Balaban J connectivity index is 1.92. The number of rotatable bonds is 9. The molecule has 0 bridgehead atoms. The van der Waals surface area contributed by atoms with Crippen molar-refractivity contribution in [1.82, 2.24) is 5.32 Å². The molecule has 1 saturated heterocycles. The van der Waals surface area contributed by atoms with E-state index in [4.69, 9.17) is 9.84 Å². The van der Waals surface area contributed by atoms with Crippen LogP contribution in [0, 0.1) is 0 Å². The van der Waals surface area contributed by atoms with Gasteiger partial charge in [0.05, 0.1) is 6.10 Å². The van der Waals surface area contributed by atoms with Crippen molar-refractivity contribution in [2.24, 2.45) is 0 Å². The molecular weight excluding hydrogens is 238 g/mol. The first kappa shape index (κ1) is 14.8. The maximum atomic E-state index is 10.7. The van der Waals surface area contributed by atoms with Crippen LogP contribution in [0.5, 0.6) is 0 Å². The fourth-order valence-corrected chi connectivity index (χ4v) is 2.47. The normalized spacial score (nSPS) is 24.1. The Hall–Kier alpha value is -0.260. The molecule has 5 heteroatoms. The predicted molar refractivity (Wildman–Crippen MR) is 70.6 cm³/mol. The summed E-state index contributed by atoms with van der Waals surface area (Å²) in [7, 11) is 0. The maximum Gasteiger partial charge on any atom is 0.332 e. The molecule has 1 heterocycles. The topological polar surface area (TPSA) is 58.6 Å². The van der Waals surface area contributed by atoms with Gasteiger partial charge in [0, 0.05) is 6.54 Å². The van der Waals surface area contributed by atoms with Crippen molar-refractivity contribution < 1.29 is 14.6 Å². The first-order valence-corrected chi connectivity index (χ1v) is 7.71. The highest BCUT2D eigenvalue weighted by atomic mass is 32.2. The molecule has 2 N–H and O–H groups in total. The smallest absolute Gasteiger partial charge is 0.332 e. The van der Waals surface area contributed by atoms with Crippen LogP contribution in [0.1, 0.15) is 32.1 Å². The van der Waals surface area contributed by atoms with Crippen molar-refractivity contribution in [3.05, 3.63) is 0 Å². The van der Waals surface area contributed by atoms with E-state index in [1.54, 1.807) is 0 Å². The average Bonchev–Trinajstić information content (AvgIpc) is 2.77. The van der Waals surface area contributed by atoms with Gasteiger partial charge in [-0.3, -0.25) is 0 Å². The van der Waals surface area contributed by atoms with Gasteiger partial charge >= 0.3 is 5.97 Å². The van der Waals surface area contributed by atoms with E-state index >= 15 is 0 Å². The number of unbranched alkanes of at least 4 members (excludes halogenated alkanes) is 2. The monoisotopic (exact) mass is 261 g/mol. The van der Waals surface area contributed by atoms with Gasteiger partial charge in [0.1, 0.15) is 0 Å². The largest absolute Gasteiger partial charge is 0.479 e. The molecule has 0 amide bonds. The lowest BCUT2D eigenvalue weighted by Gasteiger charge is -2.12. The Morgan fingerprint density at radius 2 is 2.24 bits per heavy atom. The van der Waals surface area contributed by atoms with Gasteiger partial charge in [-0.1, -0.05) is 6.42 Å². The molecule has 1 aliphatic heterocycles. The summed E-state index contributed by atoms with van der Waals surface area (Å²) >= 11 is 1.89. The number of aliphatic carboxylic acids is 1. The van der Waals surface area contributed by atoms with Gasteiger partial charge in [0.15, 0.2) is 6.10 Å². The fourth-order valence-electron chi connectivity index (χ4n) is 1.97. The van der Waals surface area contributed by atoms with Crippen LogP contribution in [0.15, 0.2) is 0 Å². The third-order valence-electron chi connectivity index (χ3n) is 2.96. The molecule has 0 saturated carbocycles. The highest BCUT2D eigenvalue weighted by Crippen LogP contribution is 2.19. The Bertz CT molecular complexity index is 226. The summed E-state index contributed by atoms with van der Waals surface area (Å²) in [4.78, 5) is 10.7. The van der Waals surface area contributed by atoms with Gasteiger partial charge in [0.25, 0.3) is 0 Å². The number of carboxylic acids is 1. The van der Waals surface area contributed by atoms with Crippen molar-refractivity contribution in [3.8, 4) is 0 Å². The van der Waals surface area contributed by atoms with Crippen LogP contribution in [-0.4, -0.2) is 48.4 Å². The second-order valence-electron chi connectivity index (χ2n) is 4.42. The second kappa shape index (κ2) is 8.78. The van der Waals surface area contributed by atoms with E-state index in [2.05, 4.69) is 11.6 Å². The first-order chi connectivity index (χ1) is 8.24. The SMILES string of the molecule is CSCCCCCNCC1CCC(C(=O)O)O1. The molecule has 0 radical (unpaired) electrons. The lowest BCUT2D eigenvalue weighted by molar-refractivity contribution is -0.149. The van der Waals surface area contributed by atoms with Gasteiger partial charge < -0.3 is 15.2 Å². The maximum absolute atomic E-state index is 10.7. The summed E-state index contributed by atoms with van der Waals surface area (Å²) in [6.45, 7) is 1.79. The molecule has 1 fully saturated rings. The summed E-state index contributed by atoms with van der Waals surface area (Å²) in [6.07, 6.45) is 6.88. The van der Waals surface area contributed by atoms with Crippen LogP contribution in [0.2, 0.25) is 0 Å². The van der Waals surface area contributed by atoms with Crippen molar-refractivity contribution in [3.63, 3.8) is 0 Å². The molecule has 0 aliphatic carbocycles. The molecular formula is C12H23NO3S. The molecule has 0 aromatic rings. The van der Waals surface area contributed by atoms with Crippen LogP contribution in [0.25, 0.3) is 0 Å². The van der Waals surface area contributed by atoms with Crippen LogP contribution >= 0.6 is 11.8 Å². The lowest BCUT2D eigenvalue weighted by Crippen LogP contribution is -2.29. The molecule has 0 spiro atoms. The minimum Gasteiger partial charge on any atom is -0.479 e. The Morgan fingerprint density at radius 3 is 2.88 bits per heavy atom. The molecule has 2 unspecified atom stereocenters. The summed E-state index contributed by atoms with van der Waals surface area (Å²) in [5.41, 5.74) is 0. The van der Waals surface area contributed by atoms with Crippen LogP contribution in [0.4, 0.5) is 0 Å². The molecule has 2 atom stereocenters. The summed E-state index contributed by atoms with van der Waals surface area (Å²) in [5.74, 6) is 0.413. The zero-order chi connectivity index (χ0) is 12.5. The van der Waals surface area contributed by atoms with Crippen molar-refractivity contribution in [2.45, 2.75) is 44.3 Å². The minimum absolute atomic E-state index is 0.0855. The van der Waals surface area contributed by atoms with E-state index in [9.17, 15) is 4.79 Å². The minimum atomic E-state index is -0.829. The molecule has 1 rings (SSSR count). The number of carbonyl (C=O) groups is 1. The zero-order valence-electron chi connectivity index (χ0n) is 10.5. The zero-order valence-corrected chi connectivity index (χ0v) is 11.3. The van der Waals surface area contributed by atoms with Gasteiger partial charge in [-0.05, 0) is 44.2 Å². The quantitative estimate of drug-likeness (QED) is 0.619. The summed E-state index contributed by atoms with van der Waals surface area (Å²) in [5, 5.41) is 12.1. The third kappa shape index (κ3) is 6.29. The van der Waals surface area contributed by atoms with E-state index < -0.39 is 12.1 Å². The van der Waals surface area contributed by atoms with Crippen molar-refractivity contribution in [1.29, 1.82) is 0 Å². The number of hydrogen-bond acceptors (Lipinski definition) is 4. The van der Waals surface area contributed by atoms with E-state index in [0.29, 0.717) is 6.42 Å². The van der Waals surface area contributed by atoms with Crippen LogP contribution in [0.3, 0.4) is 0 Å². The van der Waals surface area contributed by atoms with Crippen LogP contribution in [-0.2, 0) is 9.53 Å². The molecule has 1 aliphatic rings. The molecule has 0 aromatic carbocycles. The first-order valence-electron chi connectivity index (χ1n) is 6.32. The van der Waals surface area contributed by atoms with Crippen molar-refractivity contribution in [2.75, 3.05) is 25.1 Å². The van der Waals surface area contributed by atoms with E-state index in [0.717, 1.165) is 19.5 Å². The number of hydrogen-bond donors (Lipinski definition) is 2. The summed E-state index contributed by atoms with van der Waals surface area (Å²) < 4.78 is 5.40. The average molecular weight is 261 g/mol. The number of thioether (sulfide) groups is 1. The Labute approximate surface area is 107 Å². The highest BCUT2D eigenvalue weighted by molar-refractivity contribution is 7.98. The van der Waals surface area contributed by atoms with Gasteiger partial charge in [-0.15, -0.1) is 0 Å². The molecule has 100 valence electrons. The van der Waals surface area contributed by atoms with E-state index in [1.807, 2.05) is 11.8 Å². The number of ether oxygens (including phenoxy) is 1. The third-order valence-corrected chi connectivity index (χ3v) is 3.65. The van der Waals surface area contributed by atoms with E-state index in [-0.39, 0.29) is 6.10 Å². The molecule has 0 aromatic heterocycles. The number of nitrogens with one attached hydrogen (secondary N) is 1. The highest BCUT2D eigenvalue weighted by Gasteiger charge is 2.29. The van der Waals surface area contributed by atoms with Crippen molar-refractivity contribution >= 4 is 17.7 Å². The Kier molecular flexibility index (Phi) is 7.64. The van der Waals surface area contributed by atoms with Gasteiger partial charge in [0.2, 0.25) is 0 Å². The molecule has 17 heavy (non-hydrogen) atoms. The lowest BCUT2D eigenvalue weighted by atomic mass is 10.2.